The fourth-order valence-corrected chi connectivity index (χ4v) is 2.41. The lowest BCUT2D eigenvalue weighted by molar-refractivity contribution is -0.122. The van der Waals surface area contributed by atoms with E-state index in [0.29, 0.717) is 16.5 Å². The minimum Gasteiger partial charge on any atom is -0.323 e. The lowest BCUT2D eigenvalue weighted by Crippen LogP contribution is -2.28. The Morgan fingerprint density at radius 2 is 2.04 bits per heavy atom. The number of aromatic nitrogens is 3. The van der Waals surface area contributed by atoms with Gasteiger partial charge < -0.3 is 10.6 Å². The van der Waals surface area contributed by atoms with Crippen molar-refractivity contribution in [3.63, 3.8) is 0 Å². The standard InChI is InChI=1S/C15H16ClN5O2/c16-11-6-1-2-7-12(11)17-14(22)9-21-8-13(19-20-21)18-15(23)10-4-3-5-10/h1-2,6-8,10H,3-5,9H2,(H,17,22)(H,18,23). The van der Waals surface area contributed by atoms with Crippen molar-refractivity contribution in [1.29, 1.82) is 0 Å². The molecule has 1 fully saturated rings. The van der Waals surface area contributed by atoms with Gasteiger partial charge in [-0.2, -0.15) is 0 Å². The van der Waals surface area contributed by atoms with Crippen LogP contribution in [-0.2, 0) is 16.1 Å². The Morgan fingerprint density at radius 3 is 2.74 bits per heavy atom. The fraction of sp³-hybridized carbons (Fsp3) is 0.333. The van der Waals surface area contributed by atoms with Crippen LogP contribution in [0.2, 0.25) is 5.02 Å². The van der Waals surface area contributed by atoms with Crippen molar-refractivity contribution in [3.05, 3.63) is 35.5 Å². The van der Waals surface area contributed by atoms with Gasteiger partial charge >= 0.3 is 0 Å². The first kappa shape index (κ1) is 15.5. The highest BCUT2D eigenvalue weighted by Crippen LogP contribution is 2.27. The first-order chi connectivity index (χ1) is 11.1. The van der Waals surface area contributed by atoms with Gasteiger partial charge in [-0.25, -0.2) is 4.68 Å². The maximum atomic E-state index is 12.0. The van der Waals surface area contributed by atoms with Crippen LogP contribution in [0.4, 0.5) is 11.5 Å². The molecule has 2 N–H and O–H groups in total. The van der Waals surface area contributed by atoms with Crippen LogP contribution in [0.25, 0.3) is 0 Å². The second kappa shape index (κ2) is 6.78. The minimum atomic E-state index is -0.278. The van der Waals surface area contributed by atoms with Gasteiger partial charge in [-0.1, -0.05) is 35.4 Å². The summed E-state index contributed by atoms with van der Waals surface area (Å²) in [6.45, 7) is -0.0163. The number of nitrogens with one attached hydrogen (secondary N) is 2. The normalized spacial score (nSPS) is 14.1. The van der Waals surface area contributed by atoms with Crippen molar-refractivity contribution in [2.24, 2.45) is 5.92 Å². The number of para-hydroxylation sites is 1. The summed E-state index contributed by atoms with van der Waals surface area (Å²) in [5.41, 5.74) is 0.540. The Balaban J connectivity index is 1.55. The summed E-state index contributed by atoms with van der Waals surface area (Å²) >= 11 is 5.98. The quantitative estimate of drug-likeness (QED) is 0.878. The molecule has 1 heterocycles. The van der Waals surface area contributed by atoms with Crippen LogP contribution in [0.5, 0.6) is 0 Å². The van der Waals surface area contributed by atoms with Crippen LogP contribution in [0.3, 0.4) is 0 Å². The maximum absolute atomic E-state index is 12.0. The molecule has 1 aromatic carbocycles. The monoisotopic (exact) mass is 333 g/mol. The smallest absolute Gasteiger partial charge is 0.246 e. The Kier molecular flexibility index (Phi) is 4.57. The average molecular weight is 334 g/mol. The first-order valence-electron chi connectivity index (χ1n) is 7.37. The van der Waals surface area contributed by atoms with Gasteiger partial charge in [-0.15, -0.1) is 5.10 Å². The summed E-state index contributed by atoms with van der Waals surface area (Å²) in [7, 11) is 0. The largest absolute Gasteiger partial charge is 0.323 e. The van der Waals surface area contributed by atoms with Gasteiger partial charge in [-0.05, 0) is 25.0 Å². The summed E-state index contributed by atoms with van der Waals surface area (Å²) < 4.78 is 1.36. The van der Waals surface area contributed by atoms with E-state index in [4.69, 9.17) is 11.6 Å². The molecule has 0 aliphatic heterocycles. The molecule has 1 saturated carbocycles. The number of nitrogens with zero attached hydrogens (tertiary/aromatic N) is 3. The fourth-order valence-electron chi connectivity index (χ4n) is 2.23. The molecular weight excluding hydrogens is 318 g/mol. The number of rotatable bonds is 5. The molecule has 23 heavy (non-hydrogen) atoms. The molecule has 2 amide bonds. The average Bonchev–Trinajstić information content (AvgIpc) is 2.86. The minimum absolute atomic E-state index is 0.0163. The van der Waals surface area contributed by atoms with Crippen molar-refractivity contribution in [2.45, 2.75) is 25.8 Å². The molecule has 2 aromatic rings. The van der Waals surface area contributed by atoms with Crippen molar-refractivity contribution >= 4 is 34.9 Å². The summed E-state index contributed by atoms with van der Waals surface area (Å²) in [6, 6.07) is 6.98. The van der Waals surface area contributed by atoms with Gasteiger partial charge in [0.25, 0.3) is 0 Å². The highest BCUT2D eigenvalue weighted by atomic mass is 35.5. The molecule has 0 spiro atoms. The van der Waals surface area contributed by atoms with Crippen LogP contribution in [0.1, 0.15) is 19.3 Å². The summed E-state index contributed by atoms with van der Waals surface area (Å²) in [4.78, 5) is 23.8. The van der Waals surface area contributed by atoms with E-state index in [0.717, 1.165) is 19.3 Å². The van der Waals surface area contributed by atoms with E-state index in [1.165, 1.54) is 10.9 Å². The number of hydrogen-bond donors (Lipinski definition) is 2. The molecule has 120 valence electrons. The molecule has 0 saturated heterocycles. The molecule has 1 aliphatic rings. The third-order valence-electron chi connectivity index (χ3n) is 3.72. The Morgan fingerprint density at radius 1 is 1.26 bits per heavy atom. The van der Waals surface area contributed by atoms with E-state index in [1.54, 1.807) is 24.3 Å². The van der Waals surface area contributed by atoms with Crippen LogP contribution in [-0.4, -0.2) is 26.8 Å². The predicted molar refractivity (Wildman–Crippen MR) is 86.1 cm³/mol. The van der Waals surface area contributed by atoms with Gasteiger partial charge in [0.1, 0.15) is 6.54 Å². The maximum Gasteiger partial charge on any atom is 0.246 e. The molecule has 0 atom stereocenters. The Hall–Kier alpha value is -2.41. The van der Waals surface area contributed by atoms with Gasteiger partial charge in [0.2, 0.25) is 11.8 Å². The lowest BCUT2D eigenvalue weighted by atomic mass is 9.85. The van der Waals surface area contributed by atoms with Crippen LogP contribution < -0.4 is 10.6 Å². The highest BCUT2D eigenvalue weighted by Gasteiger charge is 2.25. The van der Waals surface area contributed by atoms with E-state index in [1.807, 2.05) is 0 Å². The molecule has 1 aromatic heterocycles. The van der Waals surface area contributed by atoms with Crippen molar-refractivity contribution in [1.82, 2.24) is 15.0 Å². The number of benzene rings is 1. The summed E-state index contributed by atoms with van der Waals surface area (Å²) in [5, 5.41) is 13.6. The molecule has 1 aliphatic carbocycles. The van der Waals surface area contributed by atoms with E-state index in [2.05, 4.69) is 20.9 Å². The second-order valence-electron chi connectivity index (χ2n) is 5.45. The molecule has 3 rings (SSSR count). The van der Waals surface area contributed by atoms with E-state index in [9.17, 15) is 9.59 Å². The topological polar surface area (TPSA) is 88.9 Å². The molecule has 0 bridgehead atoms. The van der Waals surface area contributed by atoms with Crippen LogP contribution in [0.15, 0.2) is 30.5 Å². The third kappa shape index (κ3) is 3.87. The zero-order valence-electron chi connectivity index (χ0n) is 12.3. The van der Waals surface area contributed by atoms with Gasteiger partial charge in [-0.3, -0.25) is 9.59 Å². The third-order valence-corrected chi connectivity index (χ3v) is 4.05. The zero-order valence-corrected chi connectivity index (χ0v) is 13.1. The Labute approximate surface area is 138 Å². The first-order valence-corrected chi connectivity index (χ1v) is 7.75. The second-order valence-corrected chi connectivity index (χ2v) is 5.85. The predicted octanol–water partition coefficient (Wildman–Crippen LogP) is 2.31. The molecular formula is C15H16ClN5O2. The highest BCUT2D eigenvalue weighted by molar-refractivity contribution is 6.33. The van der Waals surface area contributed by atoms with Crippen molar-refractivity contribution < 1.29 is 9.59 Å². The Bertz CT molecular complexity index is 726. The molecule has 7 nitrogen and oxygen atoms in total. The lowest BCUT2D eigenvalue weighted by Gasteiger charge is -2.23. The summed E-state index contributed by atoms with van der Waals surface area (Å²) in [5.74, 6) is 0.111. The van der Waals surface area contributed by atoms with Gasteiger partial charge in [0.15, 0.2) is 5.82 Å². The van der Waals surface area contributed by atoms with E-state index < -0.39 is 0 Å². The molecule has 0 unspecified atom stereocenters. The summed E-state index contributed by atoms with van der Waals surface area (Å²) in [6.07, 6.45) is 4.45. The SMILES string of the molecule is O=C(Cn1cc(NC(=O)C2CCC2)nn1)Nc1ccccc1Cl. The number of halogens is 1. The van der Waals surface area contributed by atoms with Crippen LogP contribution >= 0.6 is 11.6 Å². The molecule has 8 heteroatoms. The van der Waals surface area contributed by atoms with E-state index >= 15 is 0 Å². The van der Waals surface area contributed by atoms with E-state index in [-0.39, 0.29) is 24.3 Å². The number of carbonyl (C=O) groups excluding carboxylic acids is 2. The number of anilines is 2. The number of amides is 2. The van der Waals surface area contributed by atoms with Crippen molar-refractivity contribution in [3.8, 4) is 0 Å². The zero-order chi connectivity index (χ0) is 16.2. The van der Waals surface area contributed by atoms with Crippen molar-refractivity contribution in [2.75, 3.05) is 10.6 Å². The number of hydrogen-bond acceptors (Lipinski definition) is 4. The molecule has 0 radical (unpaired) electrons. The number of carbonyl (C=O) groups is 2. The van der Waals surface area contributed by atoms with Gasteiger partial charge in [0, 0.05) is 5.92 Å². The van der Waals surface area contributed by atoms with Gasteiger partial charge in [0.05, 0.1) is 16.9 Å². The van der Waals surface area contributed by atoms with Crippen LogP contribution in [0, 0.1) is 5.92 Å².